The number of hydrogen-bond donors (Lipinski definition) is 0. The Hall–Kier alpha value is -2.70. The molecule has 0 saturated heterocycles. The minimum absolute atomic E-state index is 0.298. The van der Waals surface area contributed by atoms with Crippen LogP contribution >= 0.6 is 0 Å². The Balaban J connectivity index is 1.96. The van der Waals surface area contributed by atoms with Crippen LogP contribution in [0, 0.1) is 0 Å². The number of carbonyl (C=O) groups is 1. The Morgan fingerprint density at radius 2 is 1.74 bits per heavy atom. The van der Waals surface area contributed by atoms with Crippen LogP contribution in [0.4, 0.5) is 24.5 Å². The molecule has 0 aliphatic carbocycles. The molecule has 1 aliphatic heterocycles. The molecule has 0 spiro atoms. The Bertz CT molecular complexity index is 728. The van der Waals surface area contributed by atoms with Crippen molar-refractivity contribution in [2.45, 2.75) is 19.4 Å². The third kappa shape index (κ3) is 3.08. The van der Waals surface area contributed by atoms with Gasteiger partial charge in [0.25, 0.3) is 5.91 Å². The first-order valence-corrected chi connectivity index (χ1v) is 6.80. The summed E-state index contributed by atoms with van der Waals surface area (Å²) in [5.74, 6) is -0.105. The molecule has 120 valence electrons. The van der Waals surface area contributed by atoms with Crippen LogP contribution in [0.25, 0.3) is 0 Å². The molecule has 1 unspecified atom stereocenters. The second kappa shape index (κ2) is 5.49. The van der Waals surface area contributed by atoms with E-state index in [0.29, 0.717) is 17.1 Å². The third-order valence-electron chi connectivity index (χ3n) is 3.31. The maximum atomic E-state index is 12.4. The minimum Gasteiger partial charge on any atom is -0.479 e. The van der Waals surface area contributed by atoms with Crippen LogP contribution < -0.4 is 14.4 Å². The monoisotopic (exact) mass is 323 g/mol. The first-order chi connectivity index (χ1) is 10.8. The molecule has 1 amide bonds. The lowest BCUT2D eigenvalue weighted by Gasteiger charge is -2.33. The van der Waals surface area contributed by atoms with Gasteiger partial charge in [-0.3, -0.25) is 9.69 Å². The second-order valence-corrected chi connectivity index (χ2v) is 4.94. The van der Waals surface area contributed by atoms with Crippen molar-refractivity contribution in [2.24, 2.45) is 0 Å². The highest BCUT2D eigenvalue weighted by Crippen LogP contribution is 2.39. The highest BCUT2D eigenvalue weighted by Gasteiger charge is 2.33. The topological polar surface area (TPSA) is 38.8 Å². The van der Waals surface area contributed by atoms with Gasteiger partial charge in [-0.25, -0.2) is 0 Å². The summed E-state index contributed by atoms with van der Waals surface area (Å²) in [5, 5.41) is 0. The lowest BCUT2D eigenvalue weighted by Crippen LogP contribution is -2.41. The molecule has 2 aromatic rings. The average molecular weight is 323 g/mol. The lowest BCUT2D eigenvalue weighted by atomic mass is 10.1. The van der Waals surface area contributed by atoms with E-state index >= 15 is 0 Å². The van der Waals surface area contributed by atoms with E-state index in [1.807, 2.05) is 0 Å². The summed E-state index contributed by atoms with van der Waals surface area (Å²) in [6, 6.07) is 12.1. The molecule has 2 aromatic carbocycles. The number of anilines is 2. The van der Waals surface area contributed by atoms with Gasteiger partial charge in [0, 0.05) is 5.69 Å². The van der Waals surface area contributed by atoms with Gasteiger partial charge < -0.3 is 9.47 Å². The van der Waals surface area contributed by atoms with Crippen LogP contribution in [0.5, 0.6) is 11.5 Å². The van der Waals surface area contributed by atoms with Gasteiger partial charge >= 0.3 is 6.36 Å². The maximum Gasteiger partial charge on any atom is 0.573 e. The van der Waals surface area contributed by atoms with Gasteiger partial charge in [0.05, 0.1) is 5.69 Å². The van der Waals surface area contributed by atoms with Crippen molar-refractivity contribution in [3.05, 3.63) is 48.5 Å². The zero-order valence-corrected chi connectivity index (χ0v) is 12.0. The first kappa shape index (κ1) is 15.2. The predicted molar refractivity (Wildman–Crippen MR) is 76.8 cm³/mol. The number of rotatable bonds is 2. The maximum absolute atomic E-state index is 12.4. The molecule has 0 saturated carbocycles. The molecule has 7 heteroatoms. The van der Waals surface area contributed by atoms with Crippen molar-refractivity contribution in [2.75, 3.05) is 4.90 Å². The summed E-state index contributed by atoms with van der Waals surface area (Å²) in [7, 11) is 0. The van der Waals surface area contributed by atoms with Crippen LogP contribution in [0.1, 0.15) is 6.92 Å². The van der Waals surface area contributed by atoms with E-state index in [4.69, 9.17) is 4.74 Å². The fraction of sp³-hybridized carbons (Fsp3) is 0.188. The predicted octanol–water partition coefficient (Wildman–Crippen LogP) is 4.03. The number of fused-ring (bicyclic) bond motifs is 1. The van der Waals surface area contributed by atoms with E-state index in [2.05, 4.69) is 4.74 Å². The molecule has 1 atom stereocenters. The highest BCUT2D eigenvalue weighted by molar-refractivity contribution is 6.05. The van der Waals surface area contributed by atoms with E-state index in [-0.39, 0.29) is 11.7 Å². The smallest absolute Gasteiger partial charge is 0.479 e. The molecule has 0 radical (unpaired) electrons. The number of alkyl halides is 3. The zero-order valence-electron chi connectivity index (χ0n) is 12.0. The standard InChI is InChI=1S/C16H12F3NO3/c1-10-15(21)20(13-4-2-3-5-14(13)22-10)11-6-8-12(9-7-11)23-16(17,18)19/h2-10H,1H3. The summed E-state index contributed by atoms with van der Waals surface area (Å²) < 4.78 is 46.0. The van der Waals surface area contributed by atoms with Gasteiger partial charge in [0.2, 0.25) is 0 Å². The molecule has 0 N–H and O–H groups in total. The lowest BCUT2D eigenvalue weighted by molar-refractivity contribution is -0.274. The second-order valence-electron chi connectivity index (χ2n) is 4.94. The van der Waals surface area contributed by atoms with Gasteiger partial charge in [-0.05, 0) is 43.3 Å². The minimum atomic E-state index is -4.75. The molecule has 23 heavy (non-hydrogen) atoms. The van der Waals surface area contributed by atoms with Crippen LogP contribution in [0.3, 0.4) is 0 Å². The SMILES string of the molecule is CC1Oc2ccccc2N(c2ccc(OC(F)(F)F)cc2)C1=O. The molecule has 0 bridgehead atoms. The number of para-hydroxylation sites is 2. The first-order valence-electron chi connectivity index (χ1n) is 6.80. The van der Waals surface area contributed by atoms with E-state index in [1.165, 1.54) is 29.2 Å². The largest absolute Gasteiger partial charge is 0.573 e. The number of ether oxygens (including phenoxy) is 2. The number of carbonyl (C=O) groups excluding carboxylic acids is 1. The van der Waals surface area contributed by atoms with Crippen LogP contribution in [-0.4, -0.2) is 18.4 Å². The highest BCUT2D eigenvalue weighted by atomic mass is 19.4. The number of amides is 1. The van der Waals surface area contributed by atoms with E-state index < -0.39 is 12.5 Å². The number of hydrogen-bond acceptors (Lipinski definition) is 3. The van der Waals surface area contributed by atoms with Gasteiger partial charge in [-0.15, -0.1) is 13.2 Å². The summed E-state index contributed by atoms with van der Waals surface area (Å²) >= 11 is 0. The van der Waals surface area contributed by atoms with Gasteiger partial charge in [-0.1, -0.05) is 12.1 Å². The molecule has 4 nitrogen and oxygen atoms in total. The number of halogens is 3. The van der Waals surface area contributed by atoms with E-state index in [9.17, 15) is 18.0 Å². The molecule has 1 aliphatic rings. The molecule has 0 aromatic heterocycles. The average Bonchev–Trinajstić information content (AvgIpc) is 2.48. The zero-order chi connectivity index (χ0) is 16.6. The molecular formula is C16H12F3NO3. The summed E-state index contributed by atoms with van der Waals surface area (Å²) in [5.41, 5.74) is 0.979. The summed E-state index contributed by atoms with van der Waals surface area (Å²) in [6.45, 7) is 1.62. The van der Waals surface area contributed by atoms with Crippen LogP contribution in [0.15, 0.2) is 48.5 Å². The number of benzene rings is 2. The van der Waals surface area contributed by atoms with Gasteiger partial charge in [0.15, 0.2) is 6.10 Å². The Morgan fingerprint density at radius 1 is 1.09 bits per heavy atom. The fourth-order valence-corrected chi connectivity index (χ4v) is 2.35. The van der Waals surface area contributed by atoms with Crippen molar-refractivity contribution in [3.8, 4) is 11.5 Å². The fourth-order valence-electron chi connectivity index (χ4n) is 2.35. The van der Waals surface area contributed by atoms with Crippen molar-refractivity contribution in [3.63, 3.8) is 0 Å². The van der Waals surface area contributed by atoms with Crippen molar-refractivity contribution in [1.29, 1.82) is 0 Å². The summed E-state index contributed by atoms with van der Waals surface area (Å²) in [6.07, 6.45) is -5.44. The van der Waals surface area contributed by atoms with Crippen molar-refractivity contribution >= 4 is 17.3 Å². The Morgan fingerprint density at radius 3 is 2.39 bits per heavy atom. The normalized spacial score (nSPS) is 17.5. The molecule has 1 heterocycles. The van der Waals surface area contributed by atoms with Gasteiger partial charge in [0.1, 0.15) is 11.5 Å². The third-order valence-corrected chi connectivity index (χ3v) is 3.31. The summed E-state index contributed by atoms with van der Waals surface area (Å²) in [4.78, 5) is 13.8. The van der Waals surface area contributed by atoms with Crippen molar-refractivity contribution < 1.29 is 27.4 Å². The van der Waals surface area contributed by atoms with Crippen LogP contribution in [0.2, 0.25) is 0 Å². The van der Waals surface area contributed by atoms with Crippen LogP contribution in [-0.2, 0) is 4.79 Å². The molecule has 0 fully saturated rings. The molecule has 3 rings (SSSR count). The molecular weight excluding hydrogens is 311 g/mol. The van der Waals surface area contributed by atoms with Crippen molar-refractivity contribution in [1.82, 2.24) is 0 Å². The van der Waals surface area contributed by atoms with E-state index in [1.54, 1.807) is 31.2 Å². The Labute approximate surface area is 130 Å². The quantitative estimate of drug-likeness (QED) is 0.837. The van der Waals surface area contributed by atoms with Gasteiger partial charge in [-0.2, -0.15) is 0 Å². The Kier molecular flexibility index (Phi) is 3.63. The number of nitrogens with zero attached hydrogens (tertiary/aromatic N) is 1. The van der Waals surface area contributed by atoms with E-state index in [0.717, 1.165) is 0 Å².